The van der Waals surface area contributed by atoms with Gasteiger partial charge in [-0.25, -0.2) is 4.98 Å². The zero-order valence-electron chi connectivity index (χ0n) is 12.4. The summed E-state index contributed by atoms with van der Waals surface area (Å²) in [7, 11) is 0. The van der Waals surface area contributed by atoms with E-state index in [0.29, 0.717) is 12.5 Å². The third kappa shape index (κ3) is 3.55. The molecule has 0 aliphatic rings. The Kier molecular flexibility index (Phi) is 5.11. The molecule has 0 aliphatic carbocycles. The van der Waals surface area contributed by atoms with Crippen molar-refractivity contribution >= 4 is 24.0 Å². The molecule has 0 bridgehead atoms. The summed E-state index contributed by atoms with van der Waals surface area (Å²) < 4.78 is 6.00. The molecule has 0 saturated carbocycles. The minimum absolute atomic E-state index is 0.455. The van der Waals surface area contributed by atoms with Crippen LogP contribution in [-0.4, -0.2) is 4.98 Å². The summed E-state index contributed by atoms with van der Waals surface area (Å²) in [6.45, 7) is 9.01. The van der Waals surface area contributed by atoms with Crippen LogP contribution in [0, 0.1) is 13.8 Å². The number of benzene rings is 1. The molecule has 0 atom stereocenters. The molecule has 0 aliphatic heterocycles. The number of hydrogen-bond donors (Lipinski definition) is 1. The fourth-order valence-corrected chi connectivity index (χ4v) is 3.34. The summed E-state index contributed by atoms with van der Waals surface area (Å²) >= 11 is 6.00. The zero-order chi connectivity index (χ0) is 14.7. The second-order valence-electron chi connectivity index (χ2n) is 5.26. The van der Waals surface area contributed by atoms with Crippen molar-refractivity contribution in [2.75, 3.05) is 0 Å². The summed E-state index contributed by atoms with van der Waals surface area (Å²) in [5.74, 6) is 2.17. The Bertz CT molecular complexity index is 590. The van der Waals surface area contributed by atoms with Crippen LogP contribution in [0.5, 0.6) is 5.75 Å². The van der Waals surface area contributed by atoms with Gasteiger partial charge in [0.05, 0.1) is 5.69 Å². The lowest BCUT2D eigenvalue weighted by Gasteiger charge is -2.14. The fourth-order valence-electron chi connectivity index (χ4n) is 2.08. The molecule has 20 heavy (non-hydrogen) atoms. The number of aryl methyl sites for hydroxylation is 2. The highest BCUT2D eigenvalue weighted by Gasteiger charge is 2.11. The van der Waals surface area contributed by atoms with E-state index in [9.17, 15) is 0 Å². The van der Waals surface area contributed by atoms with Gasteiger partial charge in [0.2, 0.25) is 0 Å². The molecule has 2 nitrogen and oxygen atoms in total. The first-order chi connectivity index (χ1) is 9.51. The number of ether oxygens (including phenoxy) is 1. The van der Waals surface area contributed by atoms with Crippen LogP contribution in [0.25, 0.3) is 0 Å². The molecule has 0 radical (unpaired) electrons. The average molecular weight is 307 g/mol. The van der Waals surface area contributed by atoms with Gasteiger partial charge in [0.15, 0.2) is 0 Å². The first-order valence-corrected chi connectivity index (χ1v) is 8.25. The third-order valence-electron chi connectivity index (χ3n) is 3.22. The number of nitrogens with zero attached hydrogens (tertiary/aromatic N) is 1. The van der Waals surface area contributed by atoms with E-state index in [0.717, 1.165) is 22.2 Å². The van der Waals surface area contributed by atoms with Gasteiger partial charge in [-0.2, -0.15) is 12.6 Å². The van der Waals surface area contributed by atoms with Crippen molar-refractivity contribution in [3.63, 3.8) is 0 Å². The molecule has 1 heterocycles. The average Bonchev–Trinajstić information content (AvgIpc) is 2.76. The van der Waals surface area contributed by atoms with Gasteiger partial charge in [-0.15, -0.1) is 11.3 Å². The minimum atomic E-state index is 0.455. The largest absolute Gasteiger partial charge is 0.486 e. The van der Waals surface area contributed by atoms with E-state index < -0.39 is 0 Å². The van der Waals surface area contributed by atoms with Crippen LogP contribution in [0.4, 0.5) is 0 Å². The van der Waals surface area contributed by atoms with E-state index in [4.69, 9.17) is 4.74 Å². The Morgan fingerprint density at radius 1 is 1.30 bits per heavy atom. The normalized spacial score (nSPS) is 11.1. The van der Waals surface area contributed by atoms with Crippen molar-refractivity contribution in [1.29, 1.82) is 0 Å². The topological polar surface area (TPSA) is 22.1 Å². The van der Waals surface area contributed by atoms with Gasteiger partial charge in [0.25, 0.3) is 0 Å². The number of thiazole rings is 1. The fraction of sp³-hybridized carbons (Fsp3) is 0.438. The molecule has 108 valence electrons. The van der Waals surface area contributed by atoms with E-state index >= 15 is 0 Å². The highest BCUT2D eigenvalue weighted by molar-refractivity contribution is 7.79. The maximum Gasteiger partial charge on any atom is 0.140 e. The Morgan fingerprint density at radius 2 is 2.05 bits per heavy atom. The minimum Gasteiger partial charge on any atom is -0.486 e. The molecule has 0 unspecified atom stereocenters. The smallest absolute Gasteiger partial charge is 0.140 e. The predicted molar refractivity (Wildman–Crippen MR) is 89.1 cm³/mol. The second-order valence-corrected chi connectivity index (χ2v) is 6.74. The number of hydrogen-bond acceptors (Lipinski definition) is 4. The second kappa shape index (κ2) is 6.64. The molecular formula is C16H21NOS2. The quantitative estimate of drug-likeness (QED) is 0.794. The van der Waals surface area contributed by atoms with Crippen molar-refractivity contribution in [2.24, 2.45) is 0 Å². The van der Waals surface area contributed by atoms with E-state index in [1.54, 1.807) is 11.3 Å². The van der Waals surface area contributed by atoms with Crippen LogP contribution >= 0.6 is 24.0 Å². The monoisotopic (exact) mass is 307 g/mol. The van der Waals surface area contributed by atoms with Gasteiger partial charge in [-0.05, 0) is 37.0 Å². The van der Waals surface area contributed by atoms with E-state index in [1.165, 1.54) is 16.0 Å². The Morgan fingerprint density at radius 3 is 2.65 bits per heavy atom. The van der Waals surface area contributed by atoms with Gasteiger partial charge in [0.1, 0.15) is 17.4 Å². The lowest BCUT2D eigenvalue weighted by Crippen LogP contribution is -2.00. The molecule has 0 N–H and O–H groups in total. The van der Waals surface area contributed by atoms with Gasteiger partial charge in [-0.1, -0.05) is 26.0 Å². The number of thiol groups is 1. The lowest BCUT2D eigenvalue weighted by molar-refractivity contribution is 0.301. The molecule has 2 rings (SSSR count). The Hall–Kier alpha value is -1.000. The third-order valence-corrected chi connectivity index (χ3v) is 4.88. The van der Waals surface area contributed by atoms with Crippen molar-refractivity contribution < 1.29 is 4.74 Å². The molecule has 0 spiro atoms. The first kappa shape index (κ1) is 15.4. The van der Waals surface area contributed by atoms with Crippen molar-refractivity contribution in [2.45, 2.75) is 46.0 Å². The zero-order valence-corrected chi connectivity index (χ0v) is 14.1. The van der Waals surface area contributed by atoms with Crippen LogP contribution in [0.15, 0.2) is 18.2 Å². The van der Waals surface area contributed by atoms with E-state index in [2.05, 4.69) is 56.6 Å². The summed E-state index contributed by atoms with van der Waals surface area (Å²) in [4.78, 5) is 5.76. The van der Waals surface area contributed by atoms with Crippen LogP contribution in [0.1, 0.15) is 46.5 Å². The first-order valence-electron chi connectivity index (χ1n) is 6.80. The summed E-state index contributed by atoms with van der Waals surface area (Å²) in [6, 6.07) is 6.39. The lowest BCUT2D eigenvalue weighted by atomic mass is 10.0. The van der Waals surface area contributed by atoms with Crippen molar-refractivity contribution in [3.8, 4) is 5.75 Å². The van der Waals surface area contributed by atoms with Crippen LogP contribution < -0.4 is 4.74 Å². The Balaban J connectivity index is 2.15. The van der Waals surface area contributed by atoms with E-state index in [1.807, 2.05) is 6.92 Å². The van der Waals surface area contributed by atoms with Crippen LogP contribution in [-0.2, 0) is 12.4 Å². The molecule has 1 aromatic carbocycles. The molecule has 4 heteroatoms. The molecule has 0 fully saturated rings. The summed E-state index contributed by atoms with van der Waals surface area (Å²) in [5, 5.41) is 1.02. The SMILES string of the molecule is Cc1ccc(C(C)C)c(OCc2nc(C)c(CS)s2)c1. The number of rotatable bonds is 5. The summed E-state index contributed by atoms with van der Waals surface area (Å²) in [5.41, 5.74) is 3.53. The van der Waals surface area contributed by atoms with Crippen LogP contribution in [0.3, 0.4) is 0 Å². The standard InChI is InChI=1S/C16H21NOS2/c1-10(2)13-6-5-11(3)7-14(13)18-8-16-17-12(4)15(9-19)20-16/h5-7,10,19H,8-9H2,1-4H3. The van der Waals surface area contributed by atoms with E-state index in [-0.39, 0.29) is 0 Å². The highest BCUT2D eigenvalue weighted by atomic mass is 32.1. The molecule has 1 aromatic heterocycles. The highest BCUT2D eigenvalue weighted by Crippen LogP contribution is 2.29. The van der Waals surface area contributed by atoms with Gasteiger partial charge < -0.3 is 4.74 Å². The molecule has 0 amide bonds. The molecule has 2 aromatic rings. The summed E-state index contributed by atoms with van der Waals surface area (Å²) in [6.07, 6.45) is 0. The van der Waals surface area contributed by atoms with Gasteiger partial charge >= 0.3 is 0 Å². The predicted octanol–water partition coefficient (Wildman–Crippen LogP) is 4.89. The van der Waals surface area contributed by atoms with Crippen molar-refractivity contribution in [3.05, 3.63) is 44.9 Å². The number of aromatic nitrogens is 1. The van der Waals surface area contributed by atoms with Crippen molar-refractivity contribution in [1.82, 2.24) is 4.98 Å². The Labute approximate surface area is 130 Å². The van der Waals surface area contributed by atoms with Gasteiger partial charge in [0, 0.05) is 10.6 Å². The van der Waals surface area contributed by atoms with Gasteiger partial charge in [-0.3, -0.25) is 0 Å². The van der Waals surface area contributed by atoms with Crippen LogP contribution in [0.2, 0.25) is 0 Å². The molecular weight excluding hydrogens is 286 g/mol. The maximum absolute atomic E-state index is 6.00. The molecule has 0 saturated heterocycles. The maximum atomic E-state index is 6.00.